The third-order valence-corrected chi connectivity index (χ3v) is 8.59. The summed E-state index contributed by atoms with van der Waals surface area (Å²) in [6, 6.07) is 17.3. The second kappa shape index (κ2) is 12.6. The van der Waals surface area contributed by atoms with Crippen molar-refractivity contribution in [1.29, 1.82) is 0 Å². The smallest absolute Gasteiger partial charge is 0.264 e. The molecule has 0 aliphatic rings. The molecule has 38 heavy (non-hydrogen) atoms. The standard InChI is InChI=1S/C27H29BrClN3O5S/c1-18-8-10-22(11-9-18)32(38(35,36)23-12-13-25(37-4)24(28)15-23)17-26(33)31(19(2)27(34)30-3)16-20-6-5-7-21(29)14-20/h5-15,19H,16-17H2,1-4H3,(H,30,34)/t19-/m1/s1. The topological polar surface area (TPSA) is 96.0 Å². The van der Waals surface area contributed by atoms with Crippen LogP contribution in [-0.4, -0.2) is 51.9 Å². The van der Waals surface area contributed by atoms with E-state index < -0.39 is 28.5 Å². The fraction of sp³-hybridized carbons (Fsp3) is 0.259. The third-order valence-electron chi connectivity index (χ3n) is 5.97. The number of nitrogens with zero attached hydrogens (tertiary/aromatic N) is 2. The van der Waals surface area contributed by atoms with Gasteiger partial charge in [0.15, 0.2) is 0 Å². The number of rotatable bonds is 10. The molecule has 8 nitrogen and oxygen atoms in total. The van der Waals surface area contributed by atoms with Crippen LogP contribution in [0.25, 0.3) is 0 Å². The summed E-state index contributed by atoms with van der Waals surface area (Å²) in [7, 11) is -1.24. The molecule has 3 aromatic carbocycles. The van der Waals surface area contributed by atoms with Gasteiger partial charge in [-0.25, -0.2) is 8.42 Å². The van der Waals surface area contributed by atoms with Gasteiger partial charge in [-0.1, -0.05) is 41.4 Å². The number of hydrogen-bond donors (Lipinski definition) is 1. The molecule has 2 amide bonds. The summed E-state index contributed by atoms with van der Waals surface area (Å²) < 4.78 is 34.5. The van der Waals surface area contributed by atoms with E-state index in [1.807, 2.05) is 6.92 Å². The van der Waals surface area contributed by atoms with Crippen LogP contribution in [0.1, 0.15) is 18.1 Å². The van der Waals surface area contributed by atoms with Crippen molar-refractivity contribution < 1.29 is 22.7 Å². The molecule has 3 aromatic rings. The van der Waals surface area contributed by atoms with Gasteiger partial charge in [-0.2, -0.15) is 0 Å². The minimum atomic E-state index is -4.20. The van der Waals surface area contributed by atoms with Crippen LogP contribution in [0.2, 0.25) is 5.02 Å². The van der Waals surface area contributed by atoms with Gasteiger partial charge >= 0.3 is 0 Å². The Morgan fingerprint density at radius 3 is 2.34 bits per heavy atom. The fourth-order valence-corrected chi connectivity index (χ4v) is 6.14. The van der Waals surface area contributed by atoms with Crippen molar-refractivity contribution in [1.82, 2.24) is 10.2 Å². The highest BCUT2D eigenvalue weighted by atomic mass is 79.9. The summed E-state index contributed by atoms with van der Waals surface area (Å²) in [5, 5.41) is 3.04. The van der Waals surface area contributed by atoms with E-state index in [1.54, 1.807) is 55.5 Å². The first kappa shape index (κ1) is 29.5. The Morgan fingerprint density at radius 1 is 1.08 bits per heavy atom. The molecular formula is C27H29BrClN3O5S. The number of aryl methyl sites for hydroxylation is 1. The first-order valence-corrected chi connectivity index (χ1v) is 14.3. The molecule has 3 rings (SSSR count). The third kappa shape index (κ3) is 6.86. The van der Waals surface area contributed by atoms with Crippen molar-refractivity contribution in [3.8, 4) is 5.75 Å². The van der Waals surface area contributed by atoms with Crippen molar-refractivity contribution in [2.24, 2.45) is 0 Å². The molecule has 0 saturated carbocycles. The van der Waals surface area contributed by atoms with Gasteiger partial charge in [-0.05, 0) is 77.8 Å². The number of nitrogens with one attached hydrogen (secondary N) is 1. The summed E-state index contributed by atoms with van der Waals surface area (Å²) in [6.45, 7) is 3.00. The zero-order valence-corrected chi connectivity index (χ0v) is 24.6. The molecule has 0 saturated heterocycles. The van der Waals surface area contributed by atoms with E-state index in [0.717, 1.165) is 9.87 Å². The Morgan fingerprint density at radius 2 is 1.76 bits per heavy atom. The van der Waals surface area contributed by atoms with Crippen LogP contribution in [0.15, 0.2) is 76.1 Å². The molecule has 0 aromatic heterocycles. The van der Waals surface area contributed by atoms with Gasteiger partial charge in [0.2, 0.25) is 11.8 Å². The summed E-state index contributed by atoms with van der Waals surface area (Å²) in [5.41, 5.74) is 1.94. The summed E-state index contributed by atoms with van der Waals surface area (Å²) in [4.78, 5) is 27.6. The number of ether oxygens (including phenoxy) is 1. The van der Waals surface area contributed by atoms with Crippen LogP contribution >= 0.6 is 27.5 Å². The molecule has 0 heterocycles. The highest BCUT2D eigenvalue weighted by molar-refractivity contribution is 9.10. The number of carbonyl (C=O) groups is 2. The van der Waals surface area contributed by atoms with Crippen molar-refractivity contribution in [2.45, 2.75) is 31.3 Å². The number of hydrogen-bond acceptors (Lipinski definition) is 5. The summed E-state index contributed by atoms with van der Waals surface area (Å²) >= 11 is 9.47. The van der Waals surface area contributed by atoms with Crippen LogP contribution in [-0.2, 0) is 26.2 Å². The molecule has 11 heteroatoms. The number of sulfonamides is 1. The van der Waals surface area contributed by atoms with Crippen LogP contribution in [0.3, 0.4) is 0 Å². The monoisotopic (exact) mass is 621 g/mol. The zero-order chi connectivity index (χ0) is 28.0. The minimum Gasteiger partial charge on any atom is -0.496 e. The summed E-state index contributed by atoms with van der Waals surface area (Å²) in [5.74, 6) is -0.476. The Labute approximate surface area is 236 Å². The van der Waals surface area contributed by atoms with Crippen molar-refractivity contribution in [3.05, 3.63) is 87.4 Å². The lowest BCUT2D eigenvalue weighted by atomic mass is 10.1. The van der Waals surface area contributed by atoms with E-state index in [-0.39, 0.29) is 17.3 Å². The Hall–Kier alpha value is -3.08. The lowest BCUT2D eigenvalue weighted by Crippen LogP contribution is -2.50. The second-order valence-corrected chi connectivity index (χ2v) is 11.7. The molecule has 0 fully saturated rings. The predicted octanol–water partition coefficient (Wildman–Crippen LogP) is 4.78. The molecular weight excluding hydrogens is 594 g/mol. The van der Waals surface area contributed by atoms with E-state index in [9.17, 15) is 18.0 Å². The van der Waals surface area contributed by atoms with E-state index in [1.165, 1.54) is 37.3 Å². The molecule has 0 spiro atoms. The first-order valence-electron chi connectivity index (χ1n) is 11.7. The number of anilines is 1. The second-order valence-electron chi connectivity index (χ2n) is 8.59. The van der Waals surface area contributed by atoms with Crippen LogP contribution < -0.4 is 14.4 Å². The van der Waals surface area contributed by atoms with Gasteiger partial charge in [0.1, 0.15) is 18.3 Å². The molecule has 0 radical (unpaired) electrons. The molecule has 1 N–H and O–H groups in total. The zero-order valence-electron chi connectivity index (χ0n) is 21.4. The SMILES string of the molecule is CNC(=O)[C@@H](C)N(Cc1cccc(Cl)c1)C(=O)CN(c1ccc(C)cc1)S(=O)(=O)c1ccc(OC)c(Br)c1. The van der Waals surface area contributed by atoms with Crippen LogP contribution in [0, 0.1) is 6.92 Å². The quantitative estimate of drug-likeness (QED) is 0.351. The van der Waals surface area contributed by atoms with E-state index in [2.05, 4.69) is 21.2 Å². The number of carbonyl (C=O) groups excluding carboxylic acids is 2. The van der Waals surface area contributed by atoms with Gasteiger partial charge in [0.25, 0.3) is 10.0 Å². The molecule has 0 bridgehead atoms. The predicted molar refractivity (Wildman–Crippen MR) is 152 cm³/mol. The van der Waals surface area contributed by atoms with Gasteiger partial charge in [0, 0.05) is 18.6 Å². The lowest BCUT2D eigenvalue weighted by molar-refractivity contribution is -0.139. The van der Waals surface area contributed by atoms with Crippen LogP contribution in [0.4, 0.5) is 5.69 Å². The molecule has 0 aliphatic carbocycles. The highest BCUT2D eigenvalue weighted by Crippen LogP contribution is 2.31. The number of halogens is 2. The fourth-order valence-electron chi connectivity index (χ4n) is 3.80. The van der Waals surface area contributed by atoms with Gasteiger partial charge < -0.3 is 15.0 Å². The molecule has 202 valence electrons. The Bertz CT molecular complexity index is 1420. The van der Waals surface area contributed by atoms with E-state index in [0.29, 0.717) is 26.5 Å². The summed E-state index contributed by atoms with van der Waals surface area (Å²) in [6.07, 6.45) is 0. The van der Waals surface area contributed by atoms with Gasteiger partial charge in [0.05, 0.1) is 22.2 Å². The lowest BCUT2D eigenvalue weighted by Gasteiger charge is -2.32. The Kier molecular flexibility index (Phi) is 9.81. The molecule has 0 unspecified atom stereocenters. The normalized spacial score (nSPS) is 11.9. The van der Waals surface area contributed by atoms with E-state index in [4.69, 9.17) is 16.3 Å². The largest absolute Gasteiger partial charge is 0.496 e. The van der Waals surface area contributed by atoms with Crippen molar-refractivity contribution in [3.63, 3.8) is 0 Å². The van der Waals surface area contributed by atoms with Gasteiger partial charge in [-0.15, -0.1) is 0 Å². The highest BCUT2D eigenvalue weighted by Gasteiger charge is 2.32. The Balaban J connectivity index is 2.05. The molecule has 0 aliphatic heterocycles. The number of benzene rings is 3. The average Bonchev–Trinajstić information content (AvgIpc) is 2.89. The maximum atomic E-state index is 13.9. The number of methoxy groups -OCH3 is 1. The average molecular weight is 623 g/mol. The minimum absolute atomic E-state index is 0.0284. The molecule has 1 atom stereocenters. The number of amides is 2. The number of likely N-dealkylation sites (N-methyl/N-ethyl adjacent to an activating group) is 1. The maximum Gasteiger partial charge on any atom is 0.264 e. The van der Waals surface area contributed by atoms with Crippen LogP contribution in [0.5, 0.6) is 5.75 Å². The maximum absolute atomic E-state index is 13.9. The first-order chi connectivity index (χ1) is 18.0. The van der Waals surface area contributed by atoms with Crippen molar-refractivity contribution >= 4 is 55.1 Å². The van der Waals surface area contributed by atoms with Gasteiger partial charge in [-0.3, -0.25) is 13.9 Å². The van der Waals surface area contributed by atoms with E-state index >= 15 is 0 Å². The van der Waals surface area contributed by atoms with Crippen molar-refractivity contribution in [2.75, 3.05) is 25.0 Å².